The molecule has 2 aromatic carbocycles. The summed E-state index contributed by atoms with van der Waals surface area (Å²) in [6.07, 6.45) is 0. The predicted octanol–water partition coefficient (Wildman–Crippen LogP) is 2.26. The van der Waals surface area contributed by atoms with Crippen LogP contribution in [0.3, 0.4) is 0 Å². The maximum absolute atomic E-state index is 12.3. The zero-order chi connectivity index (χ0) is 14.1. The van der Waals surface area contributed by atoms with Crippen molar-refractivity contribution in [2.24, 2.45) is 7.05 Å². The van der Waals surface area contributed by atoms with E-state index in [4.69, 9.17) is 5.26 Å². The molecule has 0 unspecified atom stereocenters. The first-order chi connectivity index (χ1) is 9.70. The second-order valence-corrected chi connectivity index (χ2v) is 4.73. The number of hydrogen-bond acceptors (Lipinski definition) is 2. The molecule has 0 saturated carbocycles. The highest BCUT2D eigenvalue weighted by Crippen LogP contribution is 2.14. The molecule has 0 bridgehead atoms. The first-order valence-corrected chi connectivity index (χ1v) is 6.34. The van der Waals surface area contributed by atoms with Crippen LogP contribution in [-0.4, -0.2) is 9.13 Å². The molecule has 1 aromatic heterocycles. The highest BCUT2D eigenvalue weighted by Gasteiger charge is 2.10. The lowest BCUT2D eigenvalue weighted by Gasteiger charge is -2.04. The van der Waals surface area contributed by atoms with Gasteiger partial charge < -0.3 is 0 Å². The lowest BCUT2D eigenvalue weighted by molar-refractivity contribution is 0.736. The Balaban J connectivity index is 2.14. The SMILES string of the molecule is Cn1c(=O)n(Cc2cccc(C#N)c2)c2ccccc21. The molecular weight excluding hydrogens is 250 g/mol. The van der Waals surface area contributed by atoms with E-state index in [2.05, 4.69) is 6.07 Å². The molecule has 98 valence electrons. The van der Waals surface area contributed by atoms with Crippen LogP contribution in [0.4, 0.5) is 0 Å². The van der Waals surface area contributed by atoms with Crippen molar-refractivity contribution in [2.45, 2.75) is 6.54 Å². The third-order valence-corrected chi connectivity index (χ3v) is 3.45. The van der Waals surface area contributed by atoms with E-state index in [1.807, 2.05) is 42.5 Å². The average molecular weight is 263 g/mol. The minimum atomic E-state index is -0.0476. The smallest absolute Gasteiger partial charge is 0.295 e. The van der Waals surface area contributed by atoms with Crippen molar-refractivity contribution in [2.75, 3.05) is 0 Å². The fraction of sp³-hybridized carbons (Fsp3) is 0.125. The Morgan fingerprint density at radius 1 is 1.10 bits per heavy atom. The van der Waals surface area contributed by atoms with E-state index in [0.717, 1.165) is 16.6 Å². The van der Waals surface area contributed by atoms with Gasteiger partial charge in [0, 0.05) is 7.05 Å². The molecule has 0 amide bonds. The topological polar surface area (TPSA) is 50.7 Å². The number of para-hydroxylation sites is 2. The maximum Gasteiger partial charge on any atom is 0.329 e. The molecule has 0 fully saturated rings. The second kappa shape index (κ2) is 4.71. The molecule has 0 aliphatic rings. The van der Waals surface area contributed by atoms with Gasteiger partial charge in [0.2, 0.25) is 0 Å². The minimum absolute atomic E-state index is 0.0476. The summed E-state index contributed by atoms with van der Waals surface area (Å²) in [6.45, 7) is 0.468. The second-order valence-electron chi connectivity index (χ2n) is 4.73. The summed E-state index contributed by atoms with van der Waals surface area (Å²) in [4.78, 5) is 12.3. The van der Waals surface area contributed by atoms with Crippen LogP contribution in [0.15, 0.2) is 53.3 Å². The quantitative estimate of drug-likeness (QED) is 0.712. The van der Waals surface area contributed by atoms with Gasteiger partial charge >= 0.3 is 5.69 Å². The molecule has 3 aromatic rings. The molecule has 3 rings (SSSR count). The number of imidazole rings is 1. The van der Waals surface area contributed by atoms with Gasteiger partial charge in [0.15, 0.2) is 0 Å². The Hall–Kier alpha value is -2.80. The van der Waals surface area contributed by atoms with Gasteiger partial charge in [0.25, 0.3) is 0 Å². The van der Waals surface area contributed by atoms with Crippen LogP contribution >= 0.6 is 0 Å². The highest BCUT2D eigenvalue weighted by molar-refractivity contribution is 5.75. The zero-order valence-electron chi connectivity index (χ0n) is 11.1. The summed E-state index contributed by atoms with van der Waals surface area (Å²) in [5, 5.41) is 8.94. The van der Waals surface area contributed by atoms with E-state index in [1.54, 1.807) is 22.2 Å². The van der Waals surface area contributed by atoms with E-state index >= 15 is 0 Å². The summed E-state index contributed by atoms with van der Waals surface area (Å²) in [5.74, 6) is 0. The van der Waals surface area contributed by atoms with Crippen molar-refractivity contribution in [1.29, 1.82) is 5.26 Å². The number of aryl methyl sites for hydroxylation is 1. The summed E-state index contributed by atoms with van der Waals surface area (Å²) >= 11 is 0. The van der Waals surface area contributed by atoms with Gasteiger partial charge in [-0.2, -0.15) is 5.26 Å². The molecule has 1 heterocycles. The summed E-state index contributed by atoms with van der Waals surface area (Å²) in [6, 6.07) is 17.2. The van der Waals surface area contributed by atoms with Crippen molar-refractivity contribution in [3.05, 3.63) is 70.1 Å². The third-order valence-electron chi connectivity index (χ3n) is 3.45. The van der Waals surface area contributed by atoms with Crippen molar-refractivity contribution < 1.29 is 0 Å². The monoisotopic (exact) mass is 263 g/mol. The van der Waals surface area contributed by atoms with Gasteiger partial charge in [-0.05, 0) is 29.8 Å². The standard InChI is InChI=1S/C16H13N3O/c1-18-14-7-2-3-8-15(14)19(16(18)20)11-13-6-4-5-12(9-13)10-17/h2-9H,11H2,1H3. The Morgan fingerprint density at radius 2 is 1.85 bits per heavy atom. The van der Waals surface area contributed by atoms with Crippen LogP contribution in [0.25, 0.3) is 11.0 Å². The number of fused-ring (bicyclic) bond motifs is 1. The molecule has 4 nitrogen and oxygen atoms in total. The molecule has 0 aliphatic heterocycles. The van der Waals surface area contributed by atoms with Gasteiger partial charge in [-0.25, -0.2) is 4.79 Å². The molecule has 4 heteroatoms. The third kappa shape index (κ3) is 1.90. The molecule has 0 radical (unpaired) electrons. The number of benzene rings is 2. The van der Waals surface area contributed by atoms with Crippen LogP contribution in [-0.2, 0) is 13.6 Å². The molecule has 0 spiro atoms. The first-order valence-electron chi connectivity index (χ1n) is 6.34. The fourth-order valence-electron chi connectivity index (χ4n) is 2.44. The van der Waals surface area contributed by atoms with Crippen LogP contribution in [0.2, 0.25) is 0 Å². The minimum Gasteiger partial charge on any atom is -0.295 e. The lowest BCUT2D eigenvalue weighted by atomic mass is 10.1. The van der Waals surface area contributed by atoms with Gasteiger partial charge in [0.1, 0.15) is 0 Å². The number of rotatable bonds is 2. The van der Waals surface area contributed by atoms with Gasteiger partial charge in [0.05, 0.1) is 29.2 Å². The Bertz CT molecular complexity index is 881. The molecule has 0 aliphatic carbocycles. The van der Waals surface area contributed by atoms with Crippen molar-refractivity contribution in [3.8, 4) is 6.07 Å². The first kappa shape index (κ1) is 12.2. The van der Waals surface area contributed by atoms with Crippen molar-refractivity contribution in [3.63, 3.8) is 0 Å². The normalized spacial score (nSPS) is 10.6. The van der Waals surface area contributed by atoms with Crippen LogP contribution < -0.4 is 5.69 Å². The van der Waals surface area contributed by atoms with Crippen LogP contribution in [0.5, 0.6) is 0 Å². The maximum atomic E-state index is 12.3. The fourth-order valence-corrected chi connectivity index (χ4v) is 2.44. The van der Waals surface area contributed by atoms with E-state index in [1.165, 1.54) is 0 Å². The molecule has 0 N–H and O–H groups in total. The van der Waals surface area contributed by atoms with E-state index in [0.29, 0.717) is 12.1 Å². The molecular formula is C16H13N3O. The highest BCUT2D eigenvalue weighted by atomic mass is 16.1. The Kier molecular flexibility index (Phi) is 2.88. The summed E-state index contributed by atoms with van der Waals surface area (Å²) in [7, 11) is 1.77. The Labute approximate surface area is 116 Å². The summed E-state index contributed by atoms with van der Waals surface area (Å²) < 4.78 is 3.37. The lowest BCUT2D eigenvalue weighted by Crippen LogP contribution is -2.22. The van der Waals surface area contributed by atoms with Crippen molar-refractivity contribution >= 4 is 11.0 Å². The summed E-state index contributed by atoms with van der Waals surface area (Å²) in [5.41, 5.74) is 3.32. The van der Waals surface area contributed by atoms with E-state index in [-0.39, 0.29) is 5.69 Å². The van der Waals surface area contributed by atoms with Crippen molar-refractivity contribution in [1.82, 2.24) is 9.13 Å². The van der Waals surface area contributed by atoms with Gasteiger partial charge in [-0.15, -0.1) is 0 Å². The zero-order valence-corrected chi connectivity index (χ0v) is 11.1. The number of aromatic nitrogens is 2. The number of nitriles is 1. The number of hydrogen-bond donors (Lipinski definition) is 0. The molecule has 0 saturated heterocycles. The molecule has 0 atom stereocenters. The van der Waals surface area contributed by atoms with Crippen LogP contribution in [0.1, 0.15) is 11.1 Å². The van der Waals surface area contributed by atoms with Gasteiger partial charge in [-0.3, -0.25) is 9.13 Å². The molecule has 20 heavy (non-hydrogen) atoms. The van der Waals surface area contributed by atoms with Crippen LogP contribution in [0, 0.1) is 11.3 Å². The van der Waals surface area contributed by atoms with Gasteiger partial charge in [-0.1, -0.05) is 24.3 Å². The predicted molar refractivity (Wildman–Crippen MR) is 77.4 cm³/mol. The average Bonchev–Trinajstić information content (AvgIpc) is 2.73. The number of nitrogens with zero attached hydrogens (tertiary/aromatic N) is 3. The van der Waals surface area contributed by atoms with E-state index in [9.17, 15) is 4.79 Å². The largest absolute Gasteiger partial charge is 0.329 e. The Morgan fingerprint density at radius 3 is 2.60 bits per heavy atom. The van der Waals surface area contributed by atoms with E-state index < -0.39 is 0 Å².